The van der Waals surface area contributed by atoms with Crippen LogP contribution in [-0.2, 0) is 15.7 Å². The Morgan fingerprint density at radius 2 is 1.92 bits per heavy atom. The molecule has 132 valence electrons. The molecule has 4 nitrogen and oxygen atoms in total. The maximum absolute atomic E-state index is 13.0. The largest absolute Gasteiger partial charge is 0.417 e. The average Bonchev–Trinajstić information content (AvgIpc) is 3.08. The third kappa shape index (κ3) is 3.62. The highest BCUT2D eigenvalue weighted by Crippen LogP contribution is 2.37. The van der Waals surface area contributed by atoms with Gasteiger partial charge in [-0.1, -0.05) is 11.6 Å². The van der Waals surface area contributed by atoms with Gasteiger partial charge in [0.15, 0.2) is 0 Å². The lowest BCUT2D eigenvalue weighted by Gasteiger charge is -2.37. The Morgan fingerprint density at radius 3 is 2.50 bits per heavy atom. The van der Waals surface area contributed by atoms with Crippen molar-refractivity contribution in [1.82, 2.24) is 4.90 Å². The molecule has 0 aromatic heterocycles. The molecule has 24 heavy (non-hydrogen) atoms. The Balaban J connectivity index is 1.65. The van der Waals surface area contributed by atoms with Crippen molar-refractivity contribution >= 4 is 23.2 Å². The number of rotatable bonds is 2. The molecule has 2 aliphatic heterocycles. The van der Waals surface area contributed by atoms with Crippen molar-refractivity contribution < 1.29 is 22.7 Å². The van der Waals surface area contributed by atoms with Gasteiger partial charge in [-0.3, -0.25) is 4.79 Å². The van der Waals surface area contributed by atoms with Crippen molar-refractivity contribution in [3.05, 3.63) is 28.8 Å². The molecule has 2 heterocycles. The summed E-state index contributed by atoms with van der Waals surface area (Å²) in [6.45, 7) is 2.53. The molecule has 0 spiro atoms. The van der Waals surface area contributed by atoms with Crippen LogP contribution in [0.2, 0.25) is 5.02 Å². The lowest BCUT2D eigenvalue weighted by atomic mass is 10.1. The van der Waals surface area contributed by atoms with E-state index in [4.69, 9.17) is 16.3 Å². The van der Waals surface area contributed by atoms with Gasteiger partial charge in [0, 0.05) is 38.5 Å². The number of hydrogen-bond acceptors (Lipinski definition) is 3. The number of anilines is 1. The molecule has 1 amide bonds. The van der Waals surface area contributed by atoms with E-state index in [2.05, 4.69) is 0 Å². The van der Waals surface area contributed by atoms with Crippen molar-refractivity contribution in [3.8, 4) is 0 Å². The van der Waals surface area contributed by atoms with Gasteiger partial charge in [-0.25, -0.2) is 0 Å². The van der Waals surface area contributed by atoms with Crippen LogP contribution in [0.3, 0.4) is 0 Å². The first kappa shape index (κ1) is 17.4. The van der Waals surface area contributed by atoms with Gasteiger partial charge in [-0.05, 0) is 31.0 Å². The van der Waals surface area contributed by atoms with E-state index in [0.717, 1.165) is 18.9 Å². The summed E-state index contributed by atoms with van der Waals surface area (Å²) < 4.78 is 44.3. The van der Waals surface area contributed by atoms with Gasteiger partial charge in [0.2, 0.25) is 0 Å². The fraction of sp³-hybridized carbons (Fsp3) is 0.562. The van der Waals surface area contributed by atoms with E-state index in [1.807, 2.05) is 4.90 Å². The van der Waals surface area contributed by atoms with Crippen LogP contribution < -0.4 is 4.90 Å². The maximum Gasteiger partial charge on any atom is 0.417 e. The summed E-state index contributed by atoms with van der Waals surface area (Å²) in [6, 6.07) is 3.92. The monoisotopic (exact) mass is 362 g/mol. The first-order valence-corrected chi connectivity index (χ1v) is 8.26. The number of halogens is 4. The molecule has 2 fully saturated rings. The second kappa shape index (κ2) is 6.80. The van der Waals surface area contributed by atoms with Gasteiger partial charge in [0.25, 0.3) is 5.91 Å². The lowest BCUT2D eigenvalue weighted by molar-refractivity contribution is -0.141. The van der Waals surface area contributed by atoms with Gasteiger partial charge in [0.1, 0.15) is 6.10 Å². The predicted octanol–water partition coefficient (Wildman–Crippen LogP) is 3.19. The fourth-order valence-electron chi connectivity index (χ4n) is 3.09. The quantitative estimate of drug-likeness (QED) is 0.810. The zero-order valence-corrected chi connectivity index (χ0v) is 13.7. The molecule has 0 bridgehead atoms. The smallest absolute Gasteiger partial charge is 0.368 e. The molecule has 3 rings (SSSR count). The molecule has 0 radical (unpaired) electrons. The molecule has 8 heteroatoms. The van der Waals surface area contributed by atoms with Gasteiger partial charge in [-0.2, -0.15) is 13.2 Å². The third-order valence-electron chi connectivity index (χ3n) is 4.42. The number of nitrogens with zero attached hydrogens (tertiary/aromatic N) is 2. The molecule has 0 N–H and O–H groups in total. The van der Waals surface area contributed by atoms with Crippen molar-refractivity contribution in [2.45, 2.75) is 25.1 Å². The minimum absolute atomic E-state index is 0.0146. The van der Waals surface area contributed by atoms with Crippen molar-refractivity contribution in [2.24, 2.45) is 0 Å². The first-order chi connectivity index (χ1) is 11.4. The van der Waals surface area contributed by atoms with Crippen LogP contribution in [0.5, 0.6) is 0 Å². The second-order valence-electron chi connectivity index (χ2n) is 5.98. The number of hydrogen-bond donors (Lipinski definition) is 0. The maximum atomic E-state index is 13.0. The van der Waals surface area contributed by atoms with Gasteiger partial charge in [0.05, 0.1) is 10.6 Å². The number of carbonyl (C=O) groups is 1. The minimum atomic E-state index is -4.48. The van der Waals surface area contributed by atoms with Crippen LogP contribution in [0.25, 0.3) is 0 Å². The summed E-state index contributed by atoms with van der Waals surface area (Å²) >= 11 is 5.65. The van der Waals surface area contributed by atoms with Crippen LogP contribution in [0, 0.1) is 0 Å². The molecular weight excluding hydrogens is 345 g/mol. The van der Waals surface area contributed by atoms with Crippen LogP contribution in [0.4, 0.5) is 18.9 Å². The predicted molar refractivity (Wildman–Crippen MR) is 84.2 cm³/mol. The van der Waals surface area contributed by atoms with E-state index in [-0.39, 0.29) is 17.0 Å². The van der Waals surface area contributed by atoms with E-state index in [1.54, 1.807) is 11.0 Å². The Labute approximate surface area is 143 Å². The van der Waals surface area contributed by atoms with E-state index in [9.17, 15) is 18.0 Å². The number of carbonyl (C=O) groups excluding carboxylic acids is 1. The topological polar surface area (TPSA) is 32.8 Å². The molecule has 1 unspecified atom stereocenters. The Bertz CT molecular complexity index is 610. The Hall–Kier alpha value is -1.47. The summed E-state index contributed by atoms with van der Waals surface area (Å²) in [4.78, 5) is 15.9. The van der Waals surface area contributed by atoms with Crippen LogP contribution >= 0.6 is 11.6 Å². The zero-order chi connectivity index (χ0) is 17.3. The van der Waals surface area contributed by atoms with E-state index in [1.165, 1.54) is 6.07 Å². The zero-order valence-electron chi connectivity index (χ0n) is 13.0. The van der Waals surface area contributed by atoms with Crippen molar-refractivity contribution in [1.29, 1.82) is 0 Å². The van der Waals surface area contributed by atoms with E-state index >= 15 is 0 Å². The summed E-state index contributed by atoms with van der Waals surface area (Å²) in [6.07, 6.45) is -3.21. The Morgan fingerprint density at radius 1 is 1.21 bits per heavy atom. The minimum Gasteiger partial charge on any atom is -0.368 e. The highest BCUT2D eigenvalue weighted by molar-refractivity contribution is 6.31. The van der Waals surface area contributed by atoms with Gasteiger partial charge >= 0.3 is 6.18 Å². The molecule has 2 aliphatic rings. The molecule has 2 saturated heterocycles. The second-order valence-corrected chi connectivity index (χ2v) is 6.38. The lowest BCUT2D eigenvalue weighted by Crippen LogP contribution is -2.51. The molecule has 1 aromatic rings. The van der Waals surface area contributed by atoms with E-state index < -0.39 is 11.7 Å². The average molecular weight is 363 g/mol. The number of amides is 1. The summed E-state index contributed by atoms with van der Waals surface area (Å²) in [5.41, 5.74) is -0.365. The fourth-order valence-corrected chi connectivity index (χ4v) is 3.31. The molecule has 0 saturated carbocycles. The van der Waals surface area contributed by atoms with Gasteiger partial charge < -0.3 is 14.5 Å². The first-order valence-electron chi connectivity index (χ1n) is 7.88. The number of benzene rings is 1. The summed E-state index contributed by atoms with van der Waals surface area (Å²) in [5, 5.41) is -0.307. The molecule has 1 aromatic carbocycles. The highest BCUT2D eigenvalue weighted by Gasteiger charge is 2.34. The molecule has 1 atom stereocenters. The third-order valence-corrected chi connectivity index (χ3v) is 4.75. The van der Waals surface area contributed by atoms with Crippen LogP contribution in [0.15, 0.2) is 18.2 Å². The normalized spacial score (nSPS) is 22.1. The van der Waals surface area contributed by atoms with Gasteiger partial charge in [-0.15, -0.1) is 0 Å². The van der Waals surface area contributed by atoms with E-state index in [0.29, 0.717) is 38.5 Å². The number of ether oxygens (including phenoxy) is 1. The van der Waals surface area contributed by atoms with Crippen LogP contribution in [-0.4, -0.2) is 49.7 Å². The van der Waals surface area contributed by atoms with Crippen molar-refractivity contribution in [2.75, 3.05) is 37.7 Å². The standard InChI is InChI=1S/C16H18ClF3N2O2/c17-13-4-3-11(10-12(13)16(18,19)20)21-5-7-22(8-6-21)15(23)14-2-1-9-24-14/h3-4,10,14H,1-2,5-9H2. The van der Waals surface area contributed by atoms with Crippen LogP contribution in [0.1, 0.15) is 18.4 Å². The SMILES string of the molecule is O=C(C1CCCO1)N1CCN(c2ccc(Cl)c(C(F)(F)F)c2)CC1. The Kier molecular flexibility index (Phi) is 4.92. The summed E-state index contributed by atoms with van der Waals surface area (Å²) in [7, 11) is 0. The van der Waals surface area contributed by atoms with Crippen molar-refractivity contribution in [3.63, 3.8) is 0 Å². The molecular formula is C16H18ClF3N2O2. The number of alkyl halides is 3. The summed E-state index contributed by atoms with van der Waals surface area (Å²) in [5.74, 6) is -0.0146. The number of piperazine rings is 1. The highest BCUT2D eigenvalue weighted by atomic mass is 35.5. The molecule has 0 aliphatic carbocycles.